The molecule has 0 saturated carbocycles. The standard InChI is InChI=1S/C18H22N2OS/c1-12-5-4-6-16(13(12)2)19-18(21)11-20-9-7-17-15(14(20)3)8-10-22-17/h4-6,8,10,14H,7,9,11H2,1-3H3,(H,19,21)/t14-/m1/s1. The molecule has 1 aromatic heterocycles. The molecule has 116 valence electrons. The molecular formula is C18H22N2OS. The van der Waals surface area contributed by atoms with E-state index in [-0.39, 0.29) is 5.91 Å². The van der Waals surface area contributed by atoms with Gasteiger partial charge in [0, 0.05) is 23.2 Å². The molecular weight excluding hydrogens is 292 g/mol. The van der Waals surface area contributed by atoms with Gasteiger partial charge in [0.2, 0.25) is 5.91 Å². The summed E-state index contributed by atoms with van der Waals surface area (Å²) in [5.41, 5.74) is 4.65. The first-order chi connectivity index (χ1) is 10.6. The number of fused-ring (bicyclic) bond motifs is 1. The Balaban J connectivity index is 1.67. The highest BCUT2D eigenvalue weighted by Crippen LogP contribution is 2.32. The Morgan fingerprint density at radius 1 is 1.36 bits per heavy atom. The van der Waals surface area contributed by atoms with E-state index in [1.165, 1.54) is 16.0 Å². The zero-order valence-electron chi connectivity index (χ0n) is 13.3. The maximum Gasteiger partial charge on any atom is 0.238 e. The van der Waals surface area contributed by atoms with Crippen molar-refractivity contribution in [3.63, 3.8) is 0 Å². The van der Waals surface area contributed by atoms with Gasteiger partial charge in [-0.3, -0.25) is 9.69 Å². The second kappa shape index (κ2) is 6.23. The summed E-state index contributed by atoms with van der Waals surface area (Å²) >= 11 is 1.83. The molecule has 0 fully saturated rings. The third-order valence-electron chi connectivity index (χ3n) is 4.63. The lowest BCUT2D eigenvalue weighted by Gasteiger charge is -2.33. The first-order valence-electron chi connectivity index (χ1n) is 7.72. The van der Waals surface area contributed by atoms with Crippen LogP contribution in [0.15, 0.2) is 29.6 Å². The zero-order chi connectivity index (χ0) is 15.7. The van der Waals surface area contributed by atoms with Crippen LogP contribution in [-0.4, -0.2) is 23.9 Å². The van der Waals surface area contributed by atoms with Gasteiger partial charge in [0.25, 0.3) is 0 Å². The van der Waals surface area contributed by atoms with Crippen molar-refractivity contribution in [1.29, 1.82) is 0 Å². The van der Waals surface area contributed by atoms with Gasteiger partial charge >= 0.3 is 0 Å². The summed E-state index contributed by atoms with van der Waals surface area (Å²) in [6.07, 6.45) is 1.05. The van der Waals surface area contributed by atoms with Crippen LogP contribution in [0.3, 0.4) is 0 Å². The van der Waals surface area contributed by atoms with Crippen LogP contribution in [0.4, 0.5) is 5.69 Å². The number of aryl methyl sites for hydroxylation is 1. The third kappa shape index (κ3) is 2.94. The molecule has 1 aliphatic rings. The minimum Gasteiger partial charge on any atom is -0.325 e. The third-order valence-corrected chi connectivity index (χ3v) is 5.63. The number of benzene rings is 1. The van der Waals surface area contributed by atoms with Crippen molar-refractivity contribution in [3.8, 4) is 0 Å². The molecule has 22 heavy (non-hydrogen) atoms. The molecule has 2 heterocycles. The number of carbonyl (C=O) groups is 1. The Bertz CT molecular complexity index is 692. The van der Waals surface area contributed by atoms with Crippen molar-refractivity contribution in [1.82, 2.24) is 4.90 Å². The predicted molar refractivity (Wildman–Crippen MR) is 92.6 cm³/mol. The summed E-state index contributed by atoms with van der Waals surface area (Å²) in [6.45, 7) is 7.70. The van der Waals surface area contributed by atoms with E-state index in [1.54, 1.807) is 0 Å². The number of nitrogens with one attached hydrogen (secondary N) is 1. The lowest BCUT2D eigenvalue weighted by Crippen LogP contribution is -2.39. The molecule has 0 radical (unpaired) electrons. The van der Waals surface area contributed by atoms with Gasteiger partial charge in [0.15, 0.2) is 0 Å². The van der Waals surface area contributed by atoms with Gasteiger partial charge in [-0.05, 0) is 61.4 Å². The van der Waals surface area contributed by atoms with Gasteiger partial charge in [-0.25, -0.2) is 0 Å². The maximum atomic E-state index is 12.4. The van der Waals surface area contributed by atoms with E-state index in [9.17, 15) is 4.79 Å². The molecule has 0 bridgehead atoms. The normalized spacial score (nSPS) is 18.0. The van der Waals surface area contributed by atoms with Crippen LogP contribution >= 0.6 is 11.3 Å². The molecule has 3 rings (SSSR count). The number of carbonyl (C=O) groups excluding carboxylic acids is 1. The Morgan fingerprint density at radius 3 is 3.00 bits per heavy atom. The first kappa shape index (κ1) is 15.3. The summed E-state index contributed by atoms with van der Waals surface area (Å²) in [6, 6.07) is 8.53. The van der Waals surface area contributed by atoms with E-state index < -0.39 is 0 Å². The van der Waals surface area contributed by atoms with Gasteiger partial charge in [-0.1, -0.05) is 12.1 Å². The summed E-state index contributed by atoms with van der Waals surface area (Å²) in [7, 11) is 0. The van der Waals surface area contributed by atoms with Crippen molar-refractivity contribution in [2.45, 2.75) is 33.2 Å². The molecule has 1 N–H and O–H groups in total. The van der Waals surface area contributed by atoms with Crippen LogP contribution in [0.2, 0.25) is 0 Å². The molecule has 4 heteroatoms. The lowest BCUT2D eigenvalue weighted by molar-refractivity contribution is -0.117. The van der Waals surface area contributed by atoms with E-state index in [0.717, 1.165) is 24.2 Å². The number of rotatable bonds is 3. The predicted octanol–water partition coefficient (Wildman–Crippen LogP) is 3.92. The number of nitrogens with zero attached hydrogens (tertiary/aromatic N) is 1. The van der Waals surface area contributed by atoms with E-state index >= 15 is 0 Å². The summed E-state index contributed by atoms with van der Waals surface area (Å²) < 4.78 is 0. The molecule has 3 nitrogen and oxygen atoms in total. The van der Waals surface area contributed by atoms with E-state index in [2.05, 4.69) is 41.6 Å². The minimum absolute atomic E-state index is 0.0687. The summed E-state index contributed by atoms with van der Waals surface area (Å²) in [5, 5.41) is 5.21. The van der Waals surface area contributed by atoms with Crippen molar-refractivity contribution in [3.05, 3.63) is 51.2 Å². The Kier molecular flexibility index (Phi) is 4.32. The summed E-state index contributed by atoms with van der Waals surface area (Å²) in [5.74, 6) is 0.0687. The highest BCUT2D eigenvalue weighted by molar-refractivity contribution is 7.10. The highest BCUT2D eigenvalue weighted by Gasteiger charge is 2.26. The smallest absolute Gasteiger partial charge is 0.238 e. The van der Waals surface area contributed by atoms with Crippen LogP contribution < -0.4 is 5.32 Å². The zero-order valence-corrected chi connectivity index (χ0v) is 14.2. The molecule has 0 saturated heterocycles. The van der Waals surface area contributed by atoms with Crippen molar-refractivity contribution in [2.75, 3.05) is 18.4 Å². The number of hydrogen-bond donors (Lipinski definition) is 1. The molecule has 0 aliphatic carbocycles. The van der Waals surface area contributed by atoms with E-state index in [0.29, 0.717) is 12.6 Å². The maximum absolute atomic E-state index is 12.4. The van der Waals surface area contributed by atoms with Gasteiger partial charge < -0.3 is 5.32 Å². The topological polar surface area (TPSA) is 32.3 Å². The van der Waals surface area contributed by atoms with Crippen molar-refractivity contribution < 1.29 is 4.79 Å². The minimum atomic E-state index is 0.0687. The molecule has 2 aromatic rings. The van der Waals surface area contributed by atoms with Crippen molar-refractivity contribution >= 4 is 22.9 Å². The van der Waals surface area contributed by atoms with Crippen LogP contribution in [0.1, 0.15) is 34.5 Å². The van der Waals surface area contributed by atoms with Crippen LogP contribution in [0.5, 0.6) is 0 Å². The molecule has 1 atom stereocenters. The first-order valence-corrected chi connectivity index (χ1v) is 8.60. The Hall–Kier alpha value is -1.65. The van der Waals surface area contributed by atoms with E-state index in [4.69, 9.17) is 0 Å². The second-order valence-electron chi connectivity index (χ2n) is 5.99. The summed E-state index contributed by atoms with van der Waals surface area (Å²) in [4.78, 5) is 16.1. The monoisotopic (exact) mass is 314 g/mol. The fraction of sp³-hybridized carbons (Fsp3) is 0.389. The molecule has 1 aliphatic heterocycles. The fourth-order valence-corrected chi connectivity index (χ4v) is 4.00. The molecule has 0 spiro atoms. The SMILES string of the molecule is Cc1cccc(NC(=O)CN2CCc3sccc3[C@H]2C)c1C. The lowest BCUT2D eigenvalue weighted by atomic mass is 10.0. The molecule has 1 amide bonds. The van der Waals surface area contributed by atoms with Crippen LogP contribution in [0, 0.1) is 13.8 Å². The molecule has 0 unspecified atom stereocenters. The Labute approximate surface area is 136 Å². The number of amides is 1. The highest BCUT2D eigenvalue weighted by atomic mass is 32.1. The van der Waals surface area contributed by atoms with Gasteiger partial charge in [-0.15, -0.1) is 11.3 Å². The van der Waals surface area contributed by atoms with Gasteiger partial charge in [0.1, 0.15) is 0 Å². The van der Waals surface area contributed by atoms with E-state index in [1.807, 2.05) is 30.4 Å². The largest absolute Gasteiger partial charge is 0.325 e. The number of thiophene rings is 1. The molecule has 1 aromatic carbocycles. The number of hydrogen-bond acceptors (Lipinski definition) is 3. The Morgan fingerprint density at radius 2 is 2.18 bits per heavy atom. The van der Waals surface area contributed by atoms with Gasteiger partial charge in [0.05, 0.1) is 6.54 Å². The quantitative estimate of drug-likeness (QED) is 0.931. The fourth-order valence-electron chi connectivity index (χ4n) is 3.04. The average molecular weight is 314 g/mol. The number of anilines is 1. The van der Waals surface area contributed by atoms with Crippen LogP contribution in [0.25, 0.3) is 0 Å². The van der Waals surface area contributed by atoms with Crippen LogP contribution in [-0.2, 0) is 11.2 Å². The van der Waals surface area contributed by atoms with Crippen molar-refractivity contribution in [2.24, 2.45) is 0 Å². The second-order valence-corrected chi connectivity index (χ2v) is 6.99. The average Bonchev–Trinajstić information content (AvgIpc) is 2.96. The van der Waals surface area contributed by atoms with Gasteiger partial charge in [-0.2, -0.15) is 0 Å².